The second-order valence-corrected chi connectivity index (χ2v) is 4.56. The summed E-state index contributed by atoms with van der Waals surface area (Å²) in [5, 5.41) is 2.86. The van der Waals surface area contributed by atoms with E-state index in [1.54, 1.807) is 12.1 Å². The molecule has 2 aromatic rings. The SMILES string of the molecule is C=C(C)COc1ccccc1NC(=O)c1ccccc1. The molecule has 2 aromatic carbocycles. The minimum atomic E-state index is -0.156. The molecule has 0 saturated carbocycles. The molecule has 3 heteroatoms. The van der Waals surface area contributed by atoms with Crippen molar-refractivity contribution in [1.82, 2.24) is 0 Å². The molecule has 0 aliphatic carbocycles. The van der Waals surface area contributed by atoms with Crippen molar-refractivity contribution < 1.29 is 9.53 Å². The van der Waals surface area contributed by atoms with Gasteiger partial charge in [0.05, 0.1) is 5.69 Å². The highest BCUT2D eigenvalue weighted by Crippen LogP contribution is 2.24. The van der Waals surface area contributed by atoms with Crippen LogP contribution in [0.25, 0.3) is 0 Å². The summed E-state index contributed by atoms with van der Waals surface area (Å²) in [5.74, 6) is 0.483. The van der Waals surface area contributed by atoms with Crippen LogP contribution in [0.4, 0.5) is 5.69 Å². The highest BCUT2D eigenvalue weighted by atomic mass is 16.5. The van der Waals surface area contributed by atoms with Gasteiger partial charge in [0.25, 0.3) is 5.91 Å². The fourth-order valence-corrected chi connectivity index (χ4v) is 1.68. The molecule has 1 N–H and O–H groups in total. The van der Waals surface area contributed by atoms with Gasteiger partial charge in [-0.2, -0.15) is 0 Å². The molecule has 3 nitrogen and oxygen atoms in total. The standard InChI is InChI=1S/C17H17NO2/c1-13(2)12-20-16-11-7-6-10-15(16)18-17(19)14-8-4-3-5-9-14/h3-11H,1,12H2,2H3,(H,18,19). The van der Waals surface area contributed by atoms with E-state index < -0.39 is 0 Å². The fourth-order valence-electron chi connectivity index (χ4n) is 1.68. The normalized spacial score (nSPS) is 9.85. The second kappa shape index (κ2) is 6.57. The van der Waals surface area contributed by atoms with Crippen LogP contribution in [0.5, 0.6) is 5.75 Å². The Morgan fingerprint density at radius 1 is 1.10 bits per heavy atom. The summed E-state index contributed by atoms with van der Waals surface area (Å²) in [6, 6.07) is 16.4. The van der Waals surface area contributed by atoms with Crippen molar-refractivity contribution >= 4 is 11.6 Å². The molecule has 1 amide bonds. The van der Waals surface area contributed by atoms with Crippen molar-refractivity contribution in [2.24, 2.45) is 0 Å². The lowest BCUT2D eigenvalue weighted by atomic mass is 10.2. The van der Waals surface area contributed by atoms with Crippen LogP contribution < -0.4 is 10.1 Å². The van der Waals surface area contributed by atoms with Gasteiger partial charge in [0.15, 0.2) is 0 Å². The minimum absolute atomic E-state index is 0.156. The molecule has 0 fully saturated rings. The summed E-state index contributed by atoms with van der Waals surface area (Å²) in [5.41, 5.74) is 2.19. The third-order valence-electron chi connectivity index (χ3n) is 2.65. The van der Waals surface area contributed by atoms with E-state index in [0.29, 0.717) is 23.6 Å². The number of amides is 1. The average molecular weight is 267 g/mol. The van der Waals surface area contributed by atoms with Gasteiger partial charge in [-0.1, -0.05) is 36.9 Å². The summed E-state index contributed by atoms with van der Waals surface area (Å²) in [6.07, 6.45) is 0. The number of rotatable bonds is 5. The molecule has 0 spiro atoms. The topological polar surface area (TPSA) is 38.3 Å². The van der Waals surface area contributed by atoms with Gasteiger partial charge in [-0.3, -0.25) is 4.79 Å². The van der Waals surface area contributed by atoms with Gasteiger partial charge in [-0.25, -0.2) is 0 Å². The van der Waals surface area contributed by atoms with Crippen LogP contribution in [-0.2, 0) is 0 Å². The summed E-state index contributed by atoms with van der Waals surface area (Å²) >= 11 is 0. The molecule has 0 bridgehead atoms. The lowest BCUT2D eigenvalue weighted by Crippen LogP contribution is -2.13. The number of hydrogen-bond donors (Lipinski definition) is 1. The highest BCUT2D eigenvalue weighted by molar-refractivity contribution is 6.04. The maximum absolute atomic E-state index is 12.1. The predicted octanol–water partition coefficient (Wildman–Crippen LogP) is 3.89. The highest BCUT2D eigenvalue weighted by Gasteiger charge is 2.09. The van der Waals surface area contributed by atoms with Crippen molar-refractivity contribution in [3.8, 4) is 5.75 Å². The first kappa shape index (κ1) is 13.9. The van der Waals surface area contributed by atoms with Crippen molar-refractivity contribution in [1.29, 1.82) is 0 Å². The quantitative estimate of drug-likeness (QED) is 0.834. The summed E-state index contributed by atoms with van der Waals surface area (Å²) < 4.78 is 5.62. The van der Waals surface area contributed by atoms with Gasteiger partial charge in [0.1, 0.15) is 12.4 Å². The molecule has 0 saturated heterocycles. The second-order valence-electron chi connectivity index (χ2n) is 4.56. The van der Waals surface area contributed by atoms with Gasteiger partial charge in [-0.15, -0.1) is 0 Å². The van der Waals surface area contributed by atoms with Crippen LogP contribution in [0.15, 0.2) is 66.7 Å². The Balaban J connectivity index is 2.13. The molecule has 2 rings (SSSR count). The largest absolute Gasteiger partial charge is 0.487 e. The number of para-hydroxylation sites is 2. The lowest BCUT2D eigenvalue weighted by molar-refractivity contribution is 0.102. The van der Waals surface area contributed by atoms with Gasteiger partial charge < -0.3 is 10.1 Å². The van der Waals surface area contributed by atoms with E-state index in [1.807, 2.05) is 49.4 Å². The van der Waals surface area contributed by atoms with Crippen LogP contribution in [-0.4, -0.2) is 12.5 Å². The Bertz CT molecular complexity index is 605. The molecule has 0 radical (unpaired) electrons. The molecular formula is C17H17NO2. The number of ether oxygens (including phenoxy) is 1. The zero-order valence-corrected chi connectivity index (χ0v) is 11.4. The molecule has 0 unspecified atom stereocenters. The number of hydrogen-bond acceptors (Lipinski definition) is 2. The summed E-state index contributed by atoms with van der Waals surface area (Å²) in [6.45, 7) is 6.12. The van der Waals surface area contributed by atoms with E-state index in [1.165, 1.54) is 0 Å². The van der Waals surface area contributed by atoms with Crippen molar-refractivity contribution in [2.75, 3.05) is 11.9 Å². The third-order valence-corrected chi connectivity index (χ3v) is 2.65. The van der Waals surface area contributed by atoms with Gasteiger partial charge in [-0.05, 0) is 36.8 Å². The first-order chi connectivity index (χ1) is 9.66. The molecule has 0 heterocycles. The van der Waals surface area contributed by atoms with E-state index in [2.05, 4.69) is 11.9 Å². The minimum Gasteiger partial charge on any atom is -0.487 e. The average Bonchev–Trinajstić information content (AvgIpc) is 2.47. The molecule has 0 aliphatic heterocycles. The Morgan fingerprint density at radius 2 is 1.75 bits per heavy atom. The van der Waals surface area contributed by atoms with Gasteiger partial charge >= 0.3 is 0 Å². The first-order valence-electron chi connectivity index (χ1n) is 6.39. The molecular weight excluding hydrogens is 250 g/mol. The number of carbonyl (C=O) groups is 1. The first-order valence-corrected chi connectivity index (χ1v) is 6.39. The van der Waals surface area contributed by atoms with E-state index in [9.17, 15) is 4.79 Å². The van der Waals surface area contributed by atoms with Crippen molar-refractivity contribution in [2.45, 2.75) is 6.92 Å². The number of carbonyl (C=O) groups excluding carboxylic acids is 1. The molecule has 20 heavy (non-hydrogen) atoms. The Hall–Kier alpha value is -2.55. The molecule has 0 aromatic heterocycles. The zero-order valence-electron chi connectivity index (χ0n) is 11.4. The zero-order chi connectivity index (χ0) is 14.4. The van der Waals surface area contributed by atoms with E-state index >= 15 is 0 Å². The molecule has 0 atom stereocenters. The van der Waals surface area contributed by atoms with Crippen molar-refractivity contribution in [3.05, 3.63) is 72.3 Å². The van der Waals surface area contributed by atoms with Crippen LogP contribution in [0, 0.1) is 0 Å². The third kappa shape index (κ3) is 3.72. The Morgan fingerprint density at radius 3 is 2.45 bits per heavy atom. The molecule has 0 aliphatic rings. The lowest BCUT2D eigenvalue weighted by Gasteiger charge is -2.12. The van der Waals surface area contributed by atoms with Gasteiger partial charge in [0.2, 0.25) is 0 Å². The monoisotopic (exact) mass is 267 g/mol. The van der Waals surface area contributed by atoms with Crippen molar-refractivity contribution in [3.63, 3.8) is 0 Å². The number of nitrogens with one attached hydrogen (secondary N) is 1. The Labute approximate surface area is 118 Å². The van der Waals surface area contributed by atoms with Crippen LogP contribution in [0.2, 0.25) is 0 Å². The number of benzene rings is 2. The summed E-state index contributed by atoms with van der Waals surface area (Å²) in [7, 11) is 0. The van der Waals surface area contributed by atoms with Crippen LogP contribution >= 0.6 is 0 Å². The van der Waals surface area contributed by atoms with Gasteiger partial charge in [0, 0.05) is 5.56 Å². The van der Waals surface area contributed by atoms with Crippen LogP contribution in [0.1, 0.15) is 17.3 Å². The summed E-state index contributed by atoms with van der Waals surface area (Å²) in [4.78, 5) is 12.1. The van der Waals surface area contributed by atoms with E-state index in [-0.39, 0.29) is 5.91 Å². The van der Waals surface area contributed by atoms with E-state index in [4.69, 9.17) is 4.74 Å². The molecule has 102 valence electrons. The predicted molar refractivity (Wildman–Crippen MR) is 81.1 cm³/mol. The Kier molecular flexibility index (Phi) is 4.56. The van der Waals surface area contributed by atoms with E-state index in [0.717, 1.165) is 5.57 Å². The smallest absolute Gasteiger partial charge is 0.255 e. The van der Waals surface area contributed by atoms with Crippen LogP contribution in [0.3, 0.4) is 0 Å². The maximum Gasteiger partial charge on any atom is 0.255 e. The number of anilines is 1. The fraction of sp³-hybridized carbons (Fsp3) is 0.118. The maximum atomic E-state index is 12.1.